The molecule has 0 aliphatic heterocycles. The molecule has 30 heavy (non-hydrogen) atoms. The molecule has 0 atom stereocenters. The summed E-state index contributed by atoms with van der Waals surface area (Å²) >= 11 is 0. The number of imidazole rings is 1. The van der Waals surface area contributed by atoms with E-state index in [0.717, 1.165) is 50.0 Å². The number of fused-ring (bicyclic) bond motifs is 7. The summed E-state index contributed by atoms with van der Waals surface area (Å²) in [5.74, 6) is 0.912. The zero-order chi connectivity index (χ0) is 19.8. The zero-order valence-corrected chi connectivity index (χ0v) is 16.3. The molecule has 0 aliphatic carbocycles. The molecule has 0 N–H and O–H groups in total. The summed E-state index contributed by atoms with van der Waals surface area (Å²) in [6, 6.07) is 29.4. The number of aryl methyl sites for hydroxylation is 1. The minimum Gasteiger partial charge on any atom is -0.456 e. The van der Waals surface area contributed by atoms with E-state index in [9.17, 15) is 0 Å². The predicted octanol–water partition coefficient (Wildman–Crippen LogP) is 6.57. The smallest absolute Gasteiger partial charge is 0.215 e. The fourth-order valence-corrected chi connectivity index (χ4v) is 4.74. The third-order valence-corrected chi connectivity index (χ3v) is 6.13. The number of hydrogen-bond donors (Lipinski definition) is 0. The van der Waals surface area contributed by atoms with E-state index in [4.69, 9.17) is 9.40 Å². The number of hydrogen-bond acceptors (Lipinski definition) is 2. The Kier molecular flexibility index (Phi) is 2.91. The van der Waals surface area contributed by atoms with Gasteiger partial charge < -0.3 is 8.98 Å². The Labute approximate surface area is 171 Å². The summed E-state index contributed by atoms with van der Waals surface area (Å²) in [4.78, 5) is 4.99. The highest BCUT2D eigenvalue weighted by molar-refractivity contribution is 6.17. The number of rotatable bonds is 1. The lowest BCUT2D eigenvalue weighted by Gasteiger charge is -2.07. The minimum absolute atomic E-state index is 0.912. The summed E-state index contributed by atoms with van der Waals surface area (Å²) in [6.07, 6.45) is 0. The molecule has 0 spiro atoms. The second-order valence-corrected chi connectivity index (χ2v) is 7.78. The van der Waals surface area contributed by atoms with Gasteiger partial charge in [-0.05, 0) is 36.4 Å². The van der Waals surface area contributed by atoms with Crippen LogP contribution in [0.3, 0.4) is 0 Å². The highest BCUT2D eigenvalue weighted by Gasteiger charge is 2.19. The molecule has 3 heterocycles. The van der Waals surface area contributed by atoms with Crippen molar-refractivity contribution in [3.63, 3.8) is 0 Å². The molecule has 0 fully saturated rings. The van der Waals surface area contributed by atoms with Crippen LogP contribution in [0.25, 0.3) is 60.7 Å². The normalized spacial score (nSPS) is 12.2. The van der Waals surface area contributed by atoms with Crippen LogP contribution in [0, 0.1) is 0 Å². The van der Waals surface area contributed by atoms with Crippen molar-refractivity contribution < 1.29 is 4.42 Å². The molecule has 0 bridgehead atoms. The van der Waals surface area contributed by atoms with Crippen molar-refractivity contribution in [2.45, 2.75) is 0 Å². The highest BCUT2D eigenvalue weighted by atomic mass is 16.3. The SMILES string of the molecule is Cn1c(-n2c3ccccc3c3cc4oc5ccccc5c4cc32)nc2ccccc21. The molecular weight excluding hydrogens is 370 g/mol. The molecule has 7 aromatic rings. The first-order chi connectivity index (χ1) is 14.8. The fraction of sp³-hybridized carbons (Fsp3) is 0.0385. The molecule has 142 valence electrons. The van der Waals surface area contributed by atoms with Crippen LogP contribution < -0.4 is 0 Å². The number of para-hydroxylation sites is 4. The molecule has 4 nitrogen and oxygen atoms in total. The maximum absolute atomic E-state index is 6.17. The molecule has 0 saturated heterocycles. The van der Waals surface area contributed by atoms with Crippen LogP contribution in [0.5, 0.6) is 0 Å². The Balaban J connectivity index is 1.70. The van der Waals surface area contributed by atoms with Gasteiger partial charge in [0, 0.05) is 28.6 Å². The van der Waals surface area contributed by atoms with Crippen LogP contribution in [0.1, 0.15) is 0 Å². The topological polar surface area (TPSA) is 35.9 Å². The molecule has 0 radical (unpaired) electrons. The van der Waals surface area contributed by atoms with Crippen molar-refractivity contribution in [1.29, 1.82) is 0 Å². The monoisotopic (exact) mass is 387 g/mol. The zero-order valence-electron chi connectivity index (χ0n) is 16.3. The van der Waals surface area contributed by atoms with Crippen molar-refractivity contribution >= 4 is 54.8 Å². The summed E-state index contributed by atoms with van der Waals surface area (Å²) in [6.45, 7) is 0. The maximum Gasteiger partial charge on any atom is 0.215 e. The van der Waals surface area contributed by atoms with Gasteiger partial charge in [-0.1, -0.05) is 48.5 Å². The van der Waals surface area contributed by atoms with Crippen molar-refractivity contribution in [3.8, 4) is 5.95 Å². The minimum atomic E-state index is 0.912. The van der Waals surface area contributed by atoms with E-state index < -0.39 is 0 Å². The molecular formula is C26H17N3O. The van der Waals surface area contributed by atoms with Gasteiger partial charge in [-0.3, -0.25) is 4.57 Å². The Hall–Kier alpha value is -4.05. The first-order valence-electron chi connectivity index (χ1n) is 10.1. The van der Waals surface area contributed by atoms with Gasteiger partial charge in [0.15, 0.2) is 0 Å². The van der Waals surface area contributed by atoms with E-state index in [2.05, 4.69) is 82.9 Å². The van der Waals surface area contributed by atoms with Crippen molar-refractivity contribution in [2.75, 3.05) is 0 Å². The predicted molar refractivity (Wildman–Crippen MR) is 122 cm³/mol. The van der Waals surface area contributed by atoms with Crippen LogP contribution in [0.4, 0.5) is 0 Å². The van der Waals surface area contributed by atoms with Crippen LogP contribution in [-0.2, 0) is 7.05 Å². The number of furan rings is 1. The number of aromatic nitrogens is 3. The van der Waals surface area contributed by atoms with Crippen LogP contribution in [0.15, 0.2) is 89.3 Å². The van der Waals surface area contributed by atoms with Crippen molar-refractivity contribution in [2.24, 2.45) is 7.05 Å². The third-order valence-electron chi connectivity index (χ3n) is 6.13. The van der Waals surface area contributed by atoms with Gasteiger partial charge in [-0.2, -0.15) is 0 Å². The lowest BCUT2D eigenvalue weighted by atomic mass is 10.1. The summed E-state index contributed by atoms with van der Waals surface area (Å²) in [7, 11) is 2.08. The molecule has 0 aliphatic rings. The van der Waals surface area contributed by atoms with E-state index in [-0.39, 0.29) is 0 Å². The van der Waals surface area contributed by atoms with E-state index >= 15 is 0 Å². The number of benzene rings is 4. The Morgan fingerprint density at radius 3 is 2.23 bits per heavy atom. The fourth-order valence-electron chi connectivity index (χ4n) is 4.74. The Bertz CT molecular complexity index is 1760. The van der Waals surface area contributed by atoms with Gasteiger partial charge in [-0.25, -0.2) is 4.98 Å². The maximum atomic E-state index is 6.17. The molecule has 4 heteroatoms. The van der Waals surface area contributed by atoms with E-state index in [0.29, 0.717) is 0 Å². The second-order valence-electron chi connectivity index (χ2n) is 7.78. The lowest BCUT2D eigenvalue weighted by molar-refractivity contribution is 0.669. The summed E-state index contributed by atoms with van der Waals surface area (Å²) in [5, 5.41) is 4.63. The average Bonchev–Trinajstić information content (AvgIpc) is 3.42. The van der Waals surface area contributed by atoms with Gasteiger partial charge >= 0.3 is 0 Å². The van der Waals surface area contributed by atoms with Crippen molar-refractivity contribution in [1.82, 2.24) is 14.1 Å². The summed E-state index contributed by atoms with van der Waals surface area (Å²) in [5.41, 5.74) is 6.22. The van der Waals surface area contributed by atoms with Gasteiger partial charge in [-0.15, -0.1) is 0 Å². The molecule has 0 unspecified atom stereocenters. The largest absolute Gasteiger partial charge is 0.456 e. The molecule has 3 aromatic heterocycles. The number of nitrogens with zero attached hydrogens (tertiary/aromatic N) is 3. The molecule has 4 aromatic carbocycles. The van der Waals surface area contributed by atoms with Crippen LogP contribution >= 0.6 is 0 Å². The van der Waals surface area contributed by atoms with E-state index in [1.54, 1.807) is 0 Å². The third kappa shape index (κ3) is 1.93. The molecule has 0 amide bonds. The van der Waals surface area contributed by atoms with Gasteiger partial charge in [0.05, 0.1) is 22.1 Å². The van der Waals surface area contributed by atoms with E-state index in [1.807, 2.05) is 18.2 Å². The Morgan fingerprint density at radius 2 is 1.37 bits per heavy atom. The van der Waals surface area contributed by atoms with E-state index in [1.165, 1.54) is 10.8 Å². The van der Waals surface area contributed by atoms with Gasteiger partial charge in [0.2, 0.25) is 5.95 Å². The highest BCUT2D eigenvalue weighted by Crippen LogP contribution is 2.38. The molecule has 0 saturated carbocycles. The van der Waals surface area contributed by atoms with Gasteiger partial charge in [0.1, 0.15) is 11.2 Å². The van der Waals surface area contributed by atoms with Crippen LogP contribution in [-0.4, -0.2) is 14.1 Å². The quantitative estimate of drug-likeness (QED) is 0.319. The Morgan fingerprint density at radius 1 is 0.633 bits per heavy atom. The average molecular weight is 387 g/mol. The second kappa shape index (κ2) is 5.51. The standard InChI is InChI=1S/C26H17N3O/c1-28-22-12-6-4-10-20(22)27-26(28)29-21-11-5-2-8-16(21)18-15-25-19(14-23(18)29)17-9-3-7-13-24(17)30-25/h2-15H,1H3. The van der Waals surface area contributed by atoms with Crippen molar-refractivity contribution in [3.05, 3.63) is 84.9 Å². The van der Waals surface area contributed by atoms with Gasteiger partial charge in [0.25, 0.3) is 0 Å². The first kappa shape index (κ1) is 15.8. The molecule has 7 rings (SSSR count). The van der Waals surface area contributed by atoms with Crippen LogP contribution in [0.2, 0.25) is 0 Å². The first-order valence-corrected chi connectivity index (χ1v) is 10.1. The lowest BCUT2D eigenvalue weighted by Crippen LogP contribution is -2.02. The summed E-state index contributed by atoms with van der Waals surface area (Å²) < 4.78 is 10.6.